The highest BCUT2D eigenvalue weighted by atomic mass is 16.3. The van der Waals surface area contributed by atoms with Crippen molar-refractivity contribution in [1.29, 1.82) is 0 Å². The summed E-state index contributed by atoms with van der Waals surface area (Å²) in [7, 11) is 0. The van der Waals surface area contributed by atoms with Crippen LogP contribution >= 0.6 is 0 Å². The van der Waals surface area contributed by atoms with Crippen LogP contribution in [0.25, 0.3) is 76.6 Å². The van der Waals surface area contributed by atoms with Crippen LogP contribution in [-0.4, -0.2) is 9.97 Å². The first-order valence-electron chi connectivity index (χ1n) is 16.8. The van der Waals surface area contributed by atoms with Crippen molar-refractivity contribution in [1.82, 2.24) is 9.97 Å². The van der Waals surface area contributed by atoms with Gasteiger partial charge in [-0.2, -0.15) is 0 Å². The van der Waals surface area contributed by atoms with Crippen LogP contribution in [0.2, 0.25) is 0 Å². The van der Waals surface area contributed by atoms with Gasteiger partial charge in [-0.3, -0.25) is 9.88 Å². The molecule has 234 valence electrons. The zero-order valence-electron chi connectivity index (χ0n) is 27.0. The van der Waals surface area contributed by atoms with Gasteiger partial charge >= 0.3 is 0 Å². The Bertz CT molecular complexity index is 2750. The fourth-order valence-electron chi connectivity index (χ4n) is 7.11. The van der Waals surface area contributed by atoms with Crippen LogP contribution in [0.4, 0.5) is 17.2 Å². The number of hydrogen-bond acceptors (Lipinski definition) is 4. The Labute approximate surface area is 288 Å². The van der Waals surface area contributed by atoms with Crippen molar-refractivity contribution in [2.24, 2.45) is 0 Å². The molecule has 0 saturated carbocycles. The van der Waals surface area contributed by atoms with Crippen LogP contribution in [0.3, 0.4) is 0 Å². The van der Waals surface area contributed by atoms with Crippen LogP contribution in [0, 0.1) is 0 Å². The summed E-state index contributed by atoms with van der Waals surface area (Å²) in [6, 6.07) is 57.9. The minimum Gasteiger partial charge on any atom is -0.456 e. The van der Waals surface area contributed by atoms with Crippen LogP contribution < -0.4 is 4.90 Å². The lowest BCUT2D eigenvalue weighted by molar-refractivity contribution is 0.669. The Hall–Kier alpha value is -6.78. The lowest BCUT2D eigenvalue weighted by Gasteiger charge is -2.24. The van der Waals surface area contributed by atoms with E-state index >= 15 is 0 Å². The standard InChI is InChI=1S/C46H29N3O/c1-3-8-34-24-36(13-11-30(34)6-1)32-15-19-39(20-16-32)49(40-21-17-33(18-22-40)37-14-12-31-7-2-4-9-35(31)25-37)46-28-45-42(29-48-46)41-27-43-38(10-5-23-47-43)26-44(41)50-45/h1-29H. The van der Waals surface area contributed by atoms with E-state index < -0.39 is 0 Å². The lowest BCUT2D eigenvalue weighted by Crippen LogP contribution is -2.11. The van der Waals surface area contributed by atoms with Crippen molar-refractivity contribution in [3.8, 4) is 22.3 Å². The van der Waals surface area contributed by atoms with Gasteiger partial charge in [0.25, 0.3) is 0 Å². The summed E-state index contributed by atoms with van der Waals surface area (Å²) in [5.74, 6) is 0.774. The monoisotopic (exact) mass is 639 g/mol. The van der Waals surface area contributed by atoms with Crippen molar-refractivity contribution in [3.05, 3.63) is 176 Å². The Balaban J connectivity index is 1.08. The van der Waals surface area contributed by atoms with Crippen LogP contribution in [0.15, 0.2) is 181 Å². The number of pyridine rings is 2. The summed E-state index contributed by atoms with van der Waals surface area (Å²) in [6.45, 7) is 0. The Morgan fingerprint density at radius 3 is 1.56 bits per heavy atom. The van der Waals surface area contributed by atoms with Gasteiger partial charge in [0.05, 0.1) is 5.52 Å². The lowest BCUT2D eigenvalue weighted by atomic mass is 10.0. The normalized spacial score (nSPS) is 11.6. The molecule has 0 bridgehead atoms. The molecule has 0 amide bonds. The van der Waals surface area contributed by atoms with Crippen molar-refractivity contribution in [3.63, 3.8) is 0 Å². The molecule has 0 saturated heterocycles. The average Bonchev–Trinajstić information content (AvgIpc) is 3.53. The van der Waals surface area contributed by atoms with Crippen molar-refractivity contribution >= 4 is 71.6 Å². The molecule has 4 nitrogen and oxygen atoms in total. The smallest absolute Gasteiger partial charge is 0.141 e. The summed E-state index contributed by atoms with van der Waals surface area (Å²) >= 11 is 0. The topological polar surface area (TPSA) is 42.2 Å². The highest BCUT2D eigenvalue weighted by Gasteiger charge is 2.18. The molecule has 0 unspecified atom stereocenters. The third-order valence-corrected chi connectivity index (χ3v) is 9.71. The number of rotatable bonds is 5. The first-order valence-corrected chi connectivity index (χ1v) is 16.8. The second-order valence-corrected chi connectivity index (χ2v) is 12.7. The maximum absolute atomic E-state index is 6.45. The maximum Gasteiger partial charge on any atom is 0.141 e. The van der Waals surface area contributed by atoms with E-state index in [2.05, 4.69) is 162 Å². The third kappa shape index (κ3) is 4.85. The molecule has 0 N–H and O–H groups in total. The second kappa shape index (κ2) is 11.4. The molecule has 0 radical (unpaired) electrons. The minimum absolute atomic E-state index is 0.774. The molecule has 50 heavy (non-hydrogen) atoms. The van der Waals surface area contributed by atoms with Crippen LogP contribution in [-0.2, 0) is 0 Å². The molecule has 4 heteroatoms. The molecule has 0 fully saturated rings. The minimum atomic E-state index is 0.774. The number of benzene rings is 7. The predicted molar refractivity (Wildman–Crippen MR) is 207 cm³/mol. The van der Waals surface area contributed by atoms with Crippen LogP contribution in [0.1, 0.15) is 0 Å². The highest BCUT2D eigenvalue weighted by Crippen LogP contribution is 2.39. The Morgan fingerprint density at radius 1 is 0.400 bits per heavy atom. The summed E-state index contributed by atoms with van der Waals surface area (Å²) < 4.78 is 6.45. The molecule has 0 spiro atoms. The SMILES string of the molecule is c1ccc2cc(-c3ccc(N(c4ccc(-c5ccc6ccccc6c5)cc4)c4cc5oc6cc7cccnc7cc6c5cn4)cc3)ccc2c1. The molecule has 10 aromatic rings. The Kier molecular flexibility index (Phi) is 6.46. The summed E-state index contributed by atoms with van der Waals surface area (Å²) in [4.78, 5) is 11.8. The van der Waals surface area contributed by atoms with E-state index in [-0.39, 0.29) is 0 Å². The number of furan rings is 1. The van der Waals surface area contributed by atoms with Gasteiger partial charge < -0.3 is 4.42 Å². The summed E-state index contributed by atoms with van der Waals surface area (Å²) in [6.07, 6.45) is 3.74. The number of anilines is 3. The van der Waals surface area contributed by atoms with E-state index in [9.17, 15) is 0 Å². The summed E-state index contributed by atoms with van der Waals surface area (Å²) in [5.41, 5.74) is 9.25. The fourth-order valence-corrected chi connectivity index (χ4v) is 7.11. The first-order chi connectivity index (χ1) is 24.7. The van der Waals surface area contributed by atoms with Gasteiger partial charge in [-0.05, 0) is 98.4 Å². The molecule has 3 heterocycles. The molecule has 3 aromatic heterocycles. The zero-order chi connectivity index (χ0) is 33.0. The van der Waals surface area contributed by atoms with Gasteiger partial charge in [0.1, 0.15) is 17.0 Å². The zero-order valence-corrected chi connectivity index (χ0v) is 27.0. The molecular weight excluding hydrogens is 611 g/mol. The second-order valence-electron chi connectivity index (χ2n) is 12.7. The fraction of sp³-hybridized carbons (Fsp3) is 0. The Morgan fingerprint density at radius 2 is 0.940 bits per heavy atom. The van der Waals surface area contributed by atoms with Gasteiger partial charge in [0, 0.05) is 46.0 Å². The summed E-state index contributed by atoms with van der Waals surface area (Å²) in [5, 5.41) is 7.96. The average molecular weight is 640 g/mol. The van der Waals surface area contributed by atoms with E-state index in [1.165, 1.54) is 32.7 Å². The largest absolute Gasteiger partial charge is 0.456 e. The van der Waals surface area contributed by atoms with E-state index in [4.69, 9.17) is 9.40 Å². The number of nitrogens with zero attached hydrogens (tertiary/aromatic N) is 3. The number of hydrogen-bond donors (Lipinski definition) is 0. The predicted octanol–water partition coefficient (Wildman–Crippen LogP) is 12.6. The van der Waals surface area contributed by atoms with Gasteiger partial charge in [0.2, 0.25) is 0 Å². The first kappa shape index (κ1) is 28.3. The van der Waals surface area contributed by atoms with E-state index in [0.29, 0.717) is 0 Å². The van der Waals surface area contributed by atoms with Gasteiger partial charge in [0.15, 0.2) is 0 Å². The quantitative estimate of drug-likeness (QED) is 0.188. The van der Waals surface area contributed by atoms with Gasteiger partial charge in [-0.1, -0.05) is 103 Å². The number of aromatic nitrogens is 2. The molecular formula is C46H29N3O. The van der Waals surface area contributed by atoms with E-state index in [1.807, 2.05) is 24.5 Å². The van der Waals surface area contributed by atoms with Gasteiger partial charge in [-0.15, -0.1) is 0 Å². The maximum atomic E-state index is 6.45. The number of fused-ring (bicyclic) bond motifs is 6. The van der Waals surface area contributed by atoms with E-state index in [1.54, 1.807) is 0 Å². The van der Waals surface area contributed by atoms with Crippen molar-refractivity contribution in [2.75, 3.05) is 4.90 Å². The van der Waals surface area contributed by atoms with Crippen LogP contribution in [0.5, 0.6) is 0 Å². The van der Waals surface area contributed by atoms with Crippen molar-refractivity contribution in [2.45, 2.75) is 0 Å². The van der Waals surface area contributed by atoms with Gasteiger partial charge in [-0.25, -0.2) is 4.98 Å². The molecule has 0 aliphatic heterocycles. The molecule has 10 rings (SSSR count). The molecule has 7 aromatic carbocycles. The molecule has 0 aliphatic carbocycles. The van der Waals surface area contributed by atoms with Crippen molar-refractivity contribution < 1.29 is 4.42 Å². The highest BCUT2D eigenvalue weighted by molar-refractivity contribution is 6.09. The van der Waals surface area contributed by atoms with E-state index in [0.717, 1.165) is 61.2 Å². The third-order valence-electron chi connectivity index (χ3n) is 9.71. The molecule has 0 aliphatic rings. The molecule has 0 atom stereocenters.